The number of hydrogen-bond acceptors (Lipinski definition) is 4. The minimum atomic E-state index is -0.153. The summed E-state index contributed by atoms with van der Waals surface area (Å²) in [5.74, 6) is -0.144. The van der Waals surface area contributed by atoms with Crippen LogP contribution in [-0.4, -0.2) is 19.1 Å². The summed E-state index contributed by atoms with van der Waals surface area (Å²) in [6.07, 6.45) is 0.712. The summed E-state index contributed by atoms with van der Waals surface area (Å²) in [4.78, 5) is 12.1. The summed E-state index contributed by atoms with van der Waals surface area (Å²) in [6.45, 7) is 1.04. The van der Waals surface area contributed by atoms with Crippen molar-refractivity contribution in [3.8, 4) is 6.07 Å². The fourth-order valence-electron chi connectivity index (χ4n) is 2.21. The molecule has 19 heavy (non-hydrogen) atoms. The molecule has 0 radical (unpaired) electrons. The molecular formula is C14H12N2O3. The molecule has 1 aromatic carbocycles. The number of furan rings is 1. The number of amides is 1. The molecule has 0 aliphatic carbocycles. The number of anilines is 1. The second-order valence-electron chi connectivity index (χ2n) is 4.46. The fraction of sp³-hybridized carbons (Fsp3) is 0.286. The zero-order valence-electron chi connectivity index (χ0n) is 10.2. The lowest BCUT2D eigenvalue weighted by Crippen LogP contribution is -2.23. The molecule has 5 nitrogen and oxygen atoms in total. The number of carbonyl (C=O) groups excluding carboxylic acids is 1. The van der Waals surface area contributed by atoms with Crippen LogP contribution in [0.2, 0.25) is 0 Å². The maximum absolute atomic E-state index is 12.1. The van der Waals surface area contributed by atoms with Gasteiger partial charge in [-0.25, -0.2) is 0 Å². The van der Waals surface area contributed by atoms with E-state index in [-0.39, 0.29) is 17.6 Å². The first-order chi connectivity index (χ1) is 9.29. The van der Waals surface area contributed by atoms with Crippen LogP contribution in [0.25, 0.3) is 11.0 Å². The Morgan fingerprint density at radius 3 is 3.00 bits per heavy atom. The van der Waals surface area contributed by atoms with Crippen molar-refractivity contribution in [1.29, 1.82) is 5.26 Å². The van der Waals surface area contributed by atoms with Gasteiger partial charge in [-0.15, -0.1) is 0 Å². The van der Waals surface area contributed by atoms with E-state index in [4.69, 9.17) is 14.4 Å². The number of ether oxygens (including phenoxy) is 1. The Bertz CT molecular complexity index is 663. The Balaban J connectivity index is 1.95. The molecule has 1 aromatic heterocycles. The van der Waals surface area contributed by atoms with Gasteiger partial charge in [-0.3, -0.25) is 4.79 Å². The van der Waals surface area contributed by atoms with Crippen molar-refractivity contribution in [2.75, 3.05) is 18.5 Å². The minimum absolute atomic E-state index is 0.124. The van der Waals surface area contributed by atoms with Crippen molar-refractivity contribution in [2.45, 2.75) is 6.42 Å². The highest BCUT2D eigenvalue weighted by molar-refractivity contribution is 6.03. The first-order valence-electron chi connectivity index (χ1n) is 6.10. The molecular weight excluding hydrogens is 244 g/mol. The van der Waals surface area contributed by atoms with Gasteiger partial charge in [0.15, 0.2) is 0 Å². The molecule has 1 atom stereocenters. The number of benzene rings is 1. The van der Waals surface area contributed by atoms with Gasteiger partial charge in [0.05, 0.1) is 12.5 Å². The van der Waals surface area contributed by atoms with Crippen LogP contribution in [0.1, 0.15) is 12.2 Å². The third-order valence-corrected chi connectivity index (χ3v) is 3.25. The molecule has 96 valence electrons. The summed E-state index contributed by atoms with van der Waals surface area (Å²) < 4.78 is 10.6. The summed E-state index contributed by atoms with van der Waals surface area (Å²) in [6, 6.07) is 9.22. The number of nitrogens with one attached hydrogen (secondary N) is 1. The zero-order valence-corrected chi connectivity index (χ0v) is 10.2. The van der Waals surface area contributed by atoms with Crippen molar-refractivity contribution >= 4 is 22.6 Å². The highest BCUT2D eigenvalue weighted by Crippen LogP contribution is 2.31. The highest BCUT2D eigenvalue weighted by atomic mass is 16.5. The number of carbonyl (C=O) groups is 1. The second-order valence-corrected chi connectivity index (χ2v) is 4.46. The second kappa shape index (κ2) is 4.75. The average Bonchev–Trinajstić information content (AvgIpc) is 3.06. The maximum atomic E-state index is 12.1. The SMILES string of the molecule is N#Cc1oc2ccccc2c1NC(=O)C1CCOC1. The minimum Gasteiger partial charge on any atom is -0.443 e. The molecule has 5 heteroatoms. The average molecular weight is 256 g/mol. The number of nitrogens with zero attached hydrogens (tertiary/aromatic N) is 1. The molecule has 0 bridgehead atoms. The molecule has 2 aromatic rings. The van der Waals surface area contributed by atoms with E-state index < -0.39 is 0 Å². The highest BCUT2D eigenvalue weighted by Gasteiger charge is 2.25. The van der Waals surface area contributed by atoms with E-state index in [9.17, 15) is 4.79 Å². The van der Waals surface area contributed by atoms with Gasteiger partial charge < -0.3 is 14.5 Å². The van der Waals surface area contributed by atoms with Gasteiger partial charge in [-0.2, -0.15) is 5.26 Å². The largest absolute Gasteiger partial charge is 0.443 e. The van der Waals surface area contributed by atoms with Crippen molar-refractivity contribution in [2.24, 2.45) is 5.92 Å². The van der Waals surface area contributed by atoms with Crippen LogP contribution in [0, 0.1) is 17.2 Å². The third-order valence-electron chi connectivity index (χ3n) is 3.25. The Kier molecular flexibility index (Phi) is 2.94. The van der Waals surface area contributed by atoms with E-state index in [0.717, 1.165) is 5.39 Å². The summed E-state index contributed by atoms with van der Waals surface area (Å²) >= 11 is 0. The molecule has 1 saturated heterocycles. The zero-order chi connectivity index (χ0) is 13.2. The fourth-order valence-corrected chi connectivity index (χ4v) is 2.21. The Hall–Kier alpha value is -2.32. The van der Waals surface area contributed by atoms with E-state index in [1.165, 1.54) is 0 Å². The summed E-state index contributed by atoms with van der Waals surface area (Å²) in [7, 11) is 0. The Labute approximate surface area is 109 Å². The van der Waals surface area contributed by atoms with Gasteiger partial charge in [0.25, 0.3) is 0 Å². The third kappa shape index (κ3) is 2.07. The topological polar surface area (TPSA) is 75.3 Å². The lowest BCUT2D eigenvalue weighted by Gasteiger charge is -2.08. The van der Waals surface area contributed by atoms with Crippen molar-refractivity contribution in [1.82, 2.24) is 0 Å². The Morgan fingerprint density at radius 2 is 2.26 bits per heavy atom. The van der Waals surface area contributed by atoms with Crippen LogP contribution >= 0.6 is 0 Å². The van der Waals surface area contributed by atoms with E-state index in [2.05, 4.69) is 5.32 Å². The predicted molar refractivity (Wildman–Crippen MR) is 68.5 cm³/mol. The molecule has 1 fully saturated rings. The number of para-hydroxylation sites is 1. The van der Waals surface area contributed by atoms with Gasteiger partial charge in [-0.05, 0) is 18.6 Å². The first kappa shape index (κ1) is 11.8. The van der Waals surface area contributed by atoms with Gasteiger partial charge in [0.2, 0.25) is 11.7 Å². The van der Waals surface area contributed by atoms with E-state index >= 15 is 0 Å². The number of rotatable bonds is 2. The number of hydrogen-bond donors (Lipinski definition) is 1. The molecule has 1 amide bonds. The van der Waals surface area contributed by atoms with Crippen LogP contribution < -0.4 is 5.32 Å². The van der Waals surface area contributed by atoms with Crippen LogP contribution in [0.3, 0.4) is 0 Å². The van der Waals surface area contributed by atoms with Crippen LogP contribution in [-0.2, 0) is 9.53 Å². The van der Waals surface area contributed by atoms with E-state index in [1.54, 1.807) is 6.07 Å². The molecule has 0 spiro atoms. The van der Waals surface area contributed by atoms with Crippen LogP contribution in [0.4, 0.5) is 5.69 Å². The number of fused-ring (bicyclic) bond motifs is 1. The first-order valence-corrected chi connectivity index (χ1v) is 6.10. The van der Waals surface area contributed by atoms with Gasteiger partial charge in [0.1, 0.15) is 17.3 Å². The normalized spacial score (nSPS) is 18.4. The van der Waals surface area contributed by atoms with Gasteiger partial charge in [-0.1, -0.05) is 12.1 Å². The standard InChI is InChI=1S/C14H12N2O3/c15-7-12-13(10-3-1-2-4-11(10)19-12)16-14(17)9-5-6-18-8-9/h1-4,9H,5-6,8H2,(H,16,17). The van der Waals surface area contributed by atoms with E-state index in [0.29, 0.717) is 30.9 Å². The lowest BCUT2D eigenvalue weighted by atomic mass is 10.1. The quantitative estimate of drug-likeness (QED) is 0.894. The summed E-state index contributed by atoms with van der Waals surface area (Å²) in [5, 5.41) is 12.6. The van der Waals surface area contributed by atoms with Gasteiger partial charge >= 0.3 is 0 Å². The molecule has 3 rings (SSSR count). The van der Waals surface area contributed by atoms with Crippen molar-refractivity contribution in [3.63, 3.8) is 0 Å². The van der Waals surface area contributed by atoms with E-state index in [1.807, 2.05) is 24.3 Å². The predicted octanol–water partition coefficient (Wildman–Crippen LogP) is 2.28. The molecule has 1 aliphatic heterocycles. The number of nitriles is 1. The molecule has 1 aliphatic rings. The smallest absolute Gasteiger partial charge is 0.230 e. The van der Waals surface area contributed by atoms with Crippen LogP contribution in [0.15, 0.2) is 28.7 Å². The van der Waals surface area contributed by atoms with Gasteiger partial charge in [0, 0.05) is 12.0 Å². The molecule has 1 N–H and O–H groups in total. The molecule has 0 saturated carbocycles. The Morgan fingerprint density at radius 1 is 1.42 bits per heavy atom. The monoisotopic (exact) mass is 256 g/mol. The maximum Gasteiger partial charge on any atom is 0.230 e. The lowest BCUT2D eigenvalue weighted by molar-refractivity contribution is -0.119. The van der Waals surface area contributed by atoms with Crippen molar-refractivity contribution < 1.29 is 13.9 Å². The van der Waals surface area contributed by atoms with Crippen LogP contribution in [0.5, 0.6) is 0 Å². The summed E-state index contributed by atoms with van der Waals surface area (Å²) in [5.41, 5.74) is 1.05. The molecule has 2 heterocycles. The molecule has 1 unspecified atom stereocenters. The van der Waals surface area contributed by atoms with Crippen molar-refractivity contribution in [3.05, 3.63) is 30.0 Å².